The Morgan fingerprint density at radius 3 is 1.93 bits per heavy atom. The molecule has 5 atom stereocenters. The average molecular weight is 536 g/mol. The second-order valence-corrected chi connectivity index (χ2v) is 16.0. The Morgan fingerprint density at radius 1 is 0.926 bits per heavy atom. The van der Waals surface area contributed by atoms with Crippen LogP contribution in [0.4, 0.5) is 0 Å². The molecule has 0 radical (unpaired) electrons. The highest BCUT2D eigenvalue weighted by Crippen LogP contribution is 2.52. The molecule has 0 bridgehead atoms. The minimum absolute atomic E-state index is 0.476. The van der Waals surface area contributed by atoms with E-state index in [4.69, 9.17) is 9.97 Å². The molecule has 0 aliphatic carbocycles. The summed E-state index contributed by atoms with van der Waals surface area (Å²) < 4.78 is 3.17. The summed E-state index contributed by atoms with van der Waals surface area (Å²) in [6.45, 7) is 11.0. The molecule has 3 aromatic rings. The first kappa shape index (κ1) is 22.6. The molecule has 0 spiro atoms. The molecule has 0 amide bonds. The first-order valence-electron chi connectivity index (χ1n) is 8.32. The highest BCUT2D eigenvalue weighted by molar-refractivity contribution is 9.10. The Morgan fingerprint density at radius 2 is 1.44 bits per heavy atom. The van der Waals surface area contributed by atoms with Crippen LogP contribution in [0.2, 0.25) is 0 Å². The third-order valence-electron chi connectivity index (χ3n) is 5.34. The van der Waals surface area contributed by atoms with Crippen molar-refractivity contribution in [3.8, 4) is 11.3 Å². The van der Waals surface area contributed by atoms with Gasteiger partial charge in [-0.1, -0.05) is 17.5 Å². The Bertz CT molecular complexity index is 1050. The van der Waals surface area contributed by atoms with Gasteiger partial charge in [-0.25, -0.2) is 9.97 Å². The van der Waals surface area contributed by atoms with Crippen molar-refractivity contribution in [2.75, 3.05) is 0 Å². The van der Waals surface area contributed by atoms with E-state index >= 15 is 0 Å². The number of rotatable bonds is 3. The van der Waals surface area contributed by atoms with Crippen molar-refractivity contribution in [2.24, 2.45) is 0 Å². The minimum Gasteiger partial charge on any atom is -0.269 e. The molecule has 3 nitrogen and oxygen atoms in total. The van der Waals surface area contributed by atoms with Crippen LogP contribution in [0.1, 0.15) is 27.8 Å². The predicted molar refractivity (Wildman–Crippen MR) is 143 cm³/mol. The first-order chi connectivity index (χ1) is 12.6. The summed E-state index contributed by atoms with van der Waals surface area (Å²) in [4.78, 5) is 9.76. The molecule has 27 heavy (non-hydrogen) atoms. The highest BCUT2D eigenvalue weighted by Gasteiger charge is 2.24. The topological polar surface area (TPSA) is 30.2 Å². The van der Waals surface area contributed by atoms with Crippen molar-refractivity contribution < 1.29 is 0 Å². The van der Waals surface area contributed by atoms with E-state index in [1.165, 1.54) is 44.1 Å². The monoisotopic (exact) mass is 535 g/mol. The van der Waals surface area contributed by atoms with Crippen molar-refractivity contribution in [1.82, 2.24) is 14.4 Å². The molecule has 5 unspecified atom stereocenters. The zero-order valence-corrected chi connectivity index (χ0v) is 24.1. The van der Waals surface area contributed by atoms with E-state index in [2.05, 4.69) is 91.0 Å². The molecule has 0 fully saturated rings. The number of fused-ring (bicyclic) bond motifs is 1. The van der Waals surface area contributed by atoms with Crippen LogP contribution < -0.4 is 16.2 Å². The maximum atomic E-state index is 4.98. The molecule has 3 rings (SSSR count). The molecule has 10 heteroatoms. The lowest BCUT2D eigenvalue weighted by Crippen LogP contribution is -2.34. The van der Waals surface area contributed by atoms with Crippen LogP contribution >= 0.6 is 67.5 Å². The number of aromatic nitrogens is 3. The zero-order chi connectivity index (χ0) is 20.2. The van der Waals surface area contributed by atoms with Gasteiger partial charge in [-0.3, -0.25) is 4.40 Å². The Labute approximate surface area is 181 Å². The van der Waals surface area contributed by atoms with E-state index < -0.39 is 7.30 Å². The number of benzene rings is 1. The largest absolute Gasteiger partial charge is 0.269 e. The summed E-state index contributed by atoms with van der Waals surface area (Å²) in [7, 11) is 11.7. The molecule has 2 aromatic heterocycles. The van der Waals surface area contributed by atoms with Gasteiger partial charge in [0, 0.05) is 10.9 Å². The van der Waals surface area contributed by atoms with Gasteiger partial charge in [0.1, 0.15) is 10.3 Å². The maximum Gasteiger partial charge on any atom is 0.236 e. The van der Waals surface area contributed by atoms with Gasteiger partial charge in [0.25, 0.3) is 0 Å². The van der Waals surface area contributed by atoms with Crippen LogP contribution in [0.25, 0.3) is 17.0 Å². The van der Waals surface area contributed by atoms with Crippen LogP contribution in [-0.2, 0) is 0 Å². The van der Waals surface area contributed by atoms with Crippen molar-refractivity contribution >= 4 is 89.5 Å². The fourth-order valence-corrected chi connectivity index (χ4v) is 10.6. The molecule has 0 aliphatic heterocycles. The molecule has 1 aromatic carbocycles. The quantitative estimate of drug-likeness (QED) is 0.443. The predicted octanol–water partition coefficient (Wildman–Crippen LogP) is 4.98. The van der Waals surface area contributed by atoms with Crippen molar-refractivity contribution in [2.45, 2.75) is 34.6 Å². The average Bonchev–Trinajstić information content (AvgIpc) is 2.93. The summed E-state index contributed by atoms with van der Waals surface area (Å²) in [6, 6.07) is 0. The molecule has 0 saturated heterocycles. The van der Waals surface area contributed by atoms with Gasteiger partial charge in [0.2, 0.25) is 5.78 Å². The van der Waals surface area contributed by atoms with Crippen molar-refractivity contribution in [3.63, 3.8) is 0 Å². The lowest BCUT2D eigenvalue weighted by atomic mass is 9.88. The lowest BCUT2D eigenvalue weighted by Gasteiger charge is -2.18. The Balaban J connectivity index is 2.47. The molecule has 0 N–H and O–H groups in total. The summed E-state index contributed by atoms with van der Waals surface area (Å²) in [5.41, 5.74) is 11.1. The second-order valence-electron chi connectivity index (χ2n) is 6.63. The smallest absolute Gasteiger partial charge is 0.236 e. The van der Waals surface area contributed by atoms with Crippen LogP contribution in [0.15, 0.2) is 4.60 Å². The number of hydrogen-bond acceptors (Lipinski definition) is 2. The fourth-order valence-electron chi connectivity index (χ4n) is 3.44. The zero-order valence-electron chi connectivity index (χ0n) is 16.0. The van der Waals surface area contributed by atoms with Crippen LogP contribution in [0.5, 0.6) is 0 Å². The van der Waals surface area contributed by atoms with Gasteiger partial charge >= 0.3 is 0 Å². The number of hydrogen-bond donors (Lipinski definition) is 0. The SMILES string of the molecule is Cc1c(C)c(C)c(-c2nc3nc(P)c(PP)c(P(P)P)n3c2Br)c(C)c1C. The molecule has 2 heterocycles. The molecule has 144 valence electrons. The molecular weight excluding hydrogens is 512 g/mol. The molecular formula is C17H24BrN3P6. The summed E-state index contributed by atoms with van der Waals surface area (Å²) >= 11 is 3.87. The van der Waals surface area contributed by atoms with Crippen LogP contribution in [0, 0.1) is 34.6 Å². The van der Waals surface area contributed by atoms with E-state index in [9.17, 15) is 0 Å². The Kier molecular flexibility index (Phi) is 7.16. The second kappa shape index (κ2) is 8.56. The third kappa shape index (κ3) is 3.73. The van der Waals surface area contributed by atoms with Crippen LogP contribution in [-0.4, -0.2) is 14.4 Å². The van der Waals surface area contributed by atoms with Crippen LogP contribution in [0.3, 0.4) is 0 Å². The van der Waals surface area contributed by atoms with Gasteiger partial charge in [-0.05, 0) is 85.7 Å². The summed E-state index contributed by atoms with van der Waals surface area (Å²) in [6.07, 6.45) is 0. The van der Waals surface area contributed by atoms with E-state index in [1.807, 2.05) is 0 Å². The number of halogens is 1. The summed E-state index contributed by atoms with van der Waals surface area (Å²) in [5.74, 6) is 0.746. The normalized spacial score (nSPS) is 12.3. The van der Waals surface area contributed by atoms with E-state index in [-0.39, 0.29) is 0 Å². The third-order valence-corrected chi connectivity index (χ3v) is 11.0. The van der Waals surface area contributed by atoms with Gasteiger partial charge < -0.3 is 0 Å². The first-order valence-corrected chi connectivity index (χ1v) is 17.1. The Hall–Kier alpha value is 0.900. The fraction of sp³-hybridized carbons (Fsp3) is 0.294. The number of imidazole rings is 1. The van der Waals surface area contributed by atoms with E-state index in [0.717, 1.165) is 21.5 Å². The van der Waals surface area contributed by atoms with Gasteiger partial charge in [-0.2, -0.15) is 0 Å². The van der Waals surface area contributed by atoms with E-state index in [0.29, 0.717) is 8.27 Å². The summed E-state index contributed by atoms with van der Waals surface area (Å²) in [5, 5.41) is 1.27. The van der Waals surface area contributed by atoms with Gasteiger partial charge in [-0.15, -0.1) is 26.8 Å². The number of nitrogens with zero attached hydrogens (tertiary/aromatic N) is 3. The van der Waals surface area contributed by atoms with Crippen molar-refractivity contribution in [3.05, 3.63) is 32.4 Å². The van der Waals surface area contributed by atoms with Crippen molar-refractivity contribution in [1.29, 1.82) is 0 Å². The molecule has 0 saturated carbocycles. The van der Waals surface area contributed by atoms with Gasteiger partial charge in [0.15, 0.2) is 0 Å². The van der Waals surface area contributed by atoms with E-state index in [1.54, 1.807) is 0 Å². The highest BCUT2D eigenvalue weighted by atomic mass is 79.9. The molecule has 0 aliphatic rings. The standard InChI is InChI=1S/C17H24BrN3P6/c1-6-7(2)9(4)11(10(5)8(6)3)12-14(18)21-16(27(24)25)13(26-23)15(22)20-17(21)19-12/h26H,22-25H2,1-5H3. The lowest BCUT2D eigenvalue weighted by molar-refractivity contribution is 1.15. The van der Waals surface area contributed by atoms with Gasteiger partial charge in [0.05, 0.1) is 10.9 Å². The minimum atomic E-state index is -0.476. The maximum absolute atomic E-state index is 4.98.